The Bertz CT molecular complexity index is 636. The Balaban J connectivity index is 0.00000625. The molecule has 0 aliphatic heterocycles. The highest BCUT2D eigenvalue weighted by Crippen LogP contribution is 2.13. The van der Waals surface area contributed by atoms with E-state index < -0.39 is 9.84 Å². The summed E-state index contributed by atoms with van der Waals surface area (Å²) in [6, 6.07) is 7.98. The smallest absolute Gasteiger partial charge is 0.193 e. The van der Waals surface area contributed by atoms with Gasteiger partial charge in [0.05, 0.1) is 25.6 Å². The van der Waals surface area contributed by atoms with E-state index in [1.807, 2.05) is 43.1 Å². The minimum Gasteiger partial charge on any atom is -0.494 e. The van der Waals surface area contributed by atoms with E-state index in [0.717, 1.165) is 17.3 Å². The summed E-state index contributed by atoms with van der Waals surface area (Å²) < 4.78 is 32.8. The second kappa shape index (κ2) is 13.2. The van der Waals surface area contributed by atoms with Crippen LogP contribution >= 0.6 is 24.0 Å². The van der Waals surface area contributed by atoms with Gasteiger partial charge in [-0.15, -0.1) is 24.0 Å². The summed E-state index contributed by atoms with van der Waals surface area (Å²) in [5.41, 5.74) is 1.15. The van der Waals surface area contributed by atoms with Crippen LogP contribution < -0.4 is 10.1 Å². The van der Waals surface area contributed by atoms with Crippen molar-refractivity contribution in [1.82, 2.24) is 10.2 Å². The SMILES string of the molecule is CCOc1ccc(CN(C)C(=NC)NCCOCCS(C)(=O)=O)cc1.I. The first kappa shape index (κ1) is 24.9. The molecule has 0 heterocycles. The number of nitrogens with one attached hydrogen (secondary N) is 1. The Morgan fingerprint density at radius 2 is 1.88 bits per heavy atom. The van der Waals surface area contributed by atoms with Gasteiger partial charge in [-0.3, -0.25) is 4.99 Å². The number of ether oxygens (including phenoxy) is 2. The van der Waals surface area contributed by atoms with Crippen molar-refractivity contribution in [3.63, 3.8) is 0 Å². The lowest BCUT2D eigenvalue weighted by atomic mass is 10.2. The van der Waals surface area contributed by atoms with Crippen LogP contribution in [0.1, 0.15) is 12.5 Å². The summed E-state index contributed by atoms with van der Waals surface area (Å²) in [5, 5.41) is 3.20. The van der Waals surface area contributed by atoms with Crippen LogP contribution in [0, 0.1) is 0 Å². The Hall–Kier alpha value is -1.07. The molecule has 0 aliphatic carbocycles. The van der Waals surface area contributed by atoms with Crippen LogP contribution in [-0.4, -0.2) is 71.7 Å². The normalized spacial score (nSPS) is 11.6. The molecule has 150 valence electrons. The number of hydrogen-bond donors (Lipinski definition) is 1. The lowest BCUT2D eigenvalue weighted by Gasteiger charge is -2.22. The molecule has 0 unspecified atom stereocenters. The second-order valence-corrected chi connectivity index (χ2v) is 7.91. The van der Waals surface area contributed by atoms with Gasteiger partial charge in [0.15, 0.2) is 5.96 Å². The molecule has 1 aromatic carbocycles. The van der Waals surface area contributed by atoms with Gasteiger partial charge in [-0.05, 0) is 24.6 Å². The lowest BCUT2D eigenvalue weighted by molar-refractivity contribution is 0.153. The van der Waals surface area contributed by atoms with Crippen LogP contribution in [0.2, 0.25) is 0 Å². The van der Waals surface area contributed by atoms with E-state index >= 15 is 0 Å². The molecule has 26 heavy (non-hydrogen) atoms. The van der Waals surface area contributed by atoms with E-state index in [0.29, 0.717) is 26.3 Å². The molecule has 0 aromatic heterocycles. The molecule has 9 heteroatoms. The van der Waals surface area contributed by atoms with E-state index in [1.165, 1.54) is 6.26 Å². The van der Waals surface area contributed by atoms with Crippen LogP contribution in [-0.2, 0) is 21.1 Å². The quantitative estimate of drug-likeness (QED) is 0.229. The molecule has 1 rings (SSSR count). The van der Waals surface area contributed by atoms with Crippen molar-refractivity contribution in [2.75, 3.05) is 52.5 Å². The van der Waals surface area contributed by atoms with Crippen LogP contribution in [0.15, 0.2) is 29.3 Å². The molecule has 0 saturated carbocycles. The van der Waals surface area contributed by atoms with Gasteiger partial charge in [0.1, 0.15) is 15.6 Å². The predicted molar refractivity (Wildman–Crippen MR) is 116 cm³/mol. The highest BCUT2D eigenvalue weighted by molar-refractivity contribution is 14.0. The predicted octanol–water partition coefficient (Wildman–Crippen LogP) is 1.77. The minimum atomic E-state index is -2.97. The van der Waals surface area contributed by atoms with Crippen LogP contribution in [0.25, 0.3) is 0 Å². The maximum Gasteiger partial charge on any atom is 0.193 e. The summed E-state index contributed by atoms with van der Waals surface area (Å²) in [6.45, 7) is 4.52. The fourth-order valence-electron chi connectivity index (χ4n) is 2.14. The molecule has 0 fully saturated rings. The van der Waals surface area contributed by atoms with E-state index in [1.54, 1.807) is 7.05 Å². The third-order valence-electron chi connectivity index (χ3n) is 3.36. The second-order valence-electron chi connectivity index (χ2n) is 5.65. The van der Waals surface area contributed by atoms with Crippen LogP contribution in [0.4, 0.5) is 0 Å². The number of guanidine groups is 1. The zero-order valence-electron chi connectivity index (χ0n) is 15.9. The van der Waals surface area contributed by atoms with Crippen molar-refractivity contribution < 1.29 is 17.9 Å². The number of benzene rings is 1. The molecule has 7 nitrogen and oxygen atoms in total. The van der Waals surface area contributed by atoms with Crippen molar-refractivity contribution in [3.8, 4) is 5.75 Å². The number of rotatable bonds is 10. The molecule has 0 bridgehead atoms. The molecule has 0 amide bonds. The largest absolute Gasteiger partial charge is 0.494 e. The average molecular weight is 499 g/mol. The fraction of sp³-hybridized carbons (Fsp3) is 0.588. The van der Waals surface area contributed by atoms with Crippen molar-refractivity contribution >= 4 is 39.8 Å². The first-order chi connectivity index (χ1) is 11.9. The lowest BCUT2D eigenvalue weighted by Crippen LogP contribution is -2.40. The molecule has 0 aliphatic rings. The number of hydrogen-bond acceptors (Lipinski definition) is 5. The van der Waals surface area contributed by atoms with Crippen molar-refractivity contribution in [3.05, 3.63) is 29.8 Å². The fourth-order valence-corrected chi connectivity index (χ4v) is 2.56. The topological polar surface area (TPSA) is 80.2 Å². The summed E-state index contributed by atoms with van der Waals surface area (Å²) in [4.78, 5) is 6.25. The first-order valence-corrected chi connectivity index (χ1v) is 10.3. The zero-order valence-corrected chi connectivity index (χ0v) is 19.0. The molecule has 0 spiro atoms. The highest BCUT2D eigenvalue weighted by Gasteiger charge is 2.07. The maximum atomic E-state index is 11.0. The van der Waals surface area contributed by atoms with Crippen molar-refractivity contribution in [2.45, 2.75) is 13.5 Å². The Morgan fingerprint density at radius 1 is 1.23 bits per heavy atom. The Morgan fingerprint density at radius 3 is 2.42 bits per heavy atom. The van der Waals surface area contributed by atoms with E-state index in [2.05, 4.69) is 10.3 Å². The molecule has 1 aromatic rings. The highest BCUT2D eigenvalue weighted by atomic mass is 127. The number of halogens is 1. The third kappa shape index (κ3) is 10.8. The number of nitrogens with zero attached hydrogens (tertiary/aromatic N) is 2. The third-order valence-corrected chi connectivity index (χ3v) is 4.26. The van der Waals surface area contributed by atoms with Gasteiger partial charge in [-0.2, -0.15) is 0 Å². The van der Waals surface area contributed by atoms with Gasteiger partial charge in [-0.25, -0.2) is 8.42 Å². The minimum absolute atomic E-state index is 0. The molecule has 1 N–H and O–H groups in total. The molecular formula is C17H30IN3O4S. The van der Waals surface area contributed by atoms with Gasteiger partial charge >= 0.3 is 0 Å². The van der Waals surface area contributed by atoms with Gasteiger partial charge in [0, 0.05) is 33.4 Å². The molecule has 0 radical (unpaired) electrons. The molecule has 0 atom stereocenters. The zero-order chi connectivity index (χ0) is 18.7. The Kier molecular flexibility index (Phi) is 12.6. The summed E-state index contributed by atoms with van der Waals surface area (Å²) in [6.07, 6.45) is 1.20. The summed E-state index contributed by atoms with van der Waals surface area (Å²) in [7, 11) is 0.705. The van der Waals surface area contributed by atoms with Gasteiger partial charge in [0.2, 0.25) is 0 Å². The van der Waals surface area contributed by atoms with Gasteiger partial charge in [-0.1, -0.05) is 12.1 Å². The molecule has 0 saturated heterocycles. The van der Waals surface area contributed by atoms with E-state index in [-0.39, 0.29) is 36.3 Å². The van der Waals surface area contributed by atoms with Crippen molar-refractivity contribution in [1.29, 1.82) is 0 Å². The Labute approximate surface area is 174 Å². The number of aliphatic imine (C=N–C) groups is 1. The first-order valence-electron chi connectivity index (χ1n) is 8.24. The van der Waals surface area contributed by atoms with E-state index in [9.17, 15) is 8.42 Å². The van der Waals surface area contributed by atoms with Crippen molar-refractivity contribution in [2.24, 2.45) is 4.99 Å². The monoisotopic (exact) mass is 499 g/mol. The average Bonchev–Trinajstić information content (AvgIpc) is 2.55. The van der Waals surface area contributed by atoms with Crippen LogP contribution in [0.5, 0.6) is 5.75 Å². The van der Waals surface area contributed by atoms with E-state index in [4.69, 9.17) is 9.47 Å². The van der Waals surface area contributed by atoms with Gasteiger partial charge in [0.25, 0.3) is 0 Å². The molecular weight excluding hydrogens is 469 g/mol. The maximum absolute atomic E-state index is 11.0. The summed E-state index contributed by atoms with van der Waals surface area (Å²) in [5.74, 6) is 1.66. The van der Waals surface area contributed by atoms with Gasteiger partial charge < -0.3 is 19.7 Å². The number of sulfone groups is 1. The summed E-state index contributed by atoms with van der Waals surface area (Å²) >= 11 is 0. The van der Waals surface area contributed by atoms with Crippen LogP contribution in [0.3, 0.4) is 0 Å². The standard InChI is InChI=1S/C17H29N3O4S.HI/c1-5-24-16-8-6-15(7-9-16)14-20(3)17(18-2)19-10-11-23-12-13-25(4,21)22;/h6-9H,5,10-14H2,1-4H3,(H,18,19);1H.